The summed E-state index contributed by atoms with van der Waals surface area (Å²) in [5, 5.41) is 0. The van der Waals surface area contributed by atoms with Gasteiger partial charge in [-0.25, -0.2) is 8.42 Å². The number of primary amides is 1. The van der Waals surface area contributed by atoms with E-state index in [2.05, 4.69) is 4.98 Å². The Labute approximate surface area is 139 Å². The Bertz CT molecular complexity index is 867. The third kappa shape index (κ3) is 4.00. The lowest BCUT2D eigenvalue weighted by molar-refractivity contribution is -0.128. The van der Waals surface area contributed by atoms with E-state index in [1.54, 1.807) is 6.07 Å². The topological polar surface area (TPSA) is 135 Å². The van der Waals surface area contributed by atoms with Crippen LogP contribution >= 0.6 is 0 Å². The molecule has 1 unspecified atom stereocenters. The number of anilines is 1. The summed E-state index contributed by atoms with van der Waals surface area (Å²) in [7, 11) is -2.15. The monoisotopic (exact) mass is 351 g/mol. The Hall–Kier alpha value is -2.65. The van der Waals surface area contributed by atoms with Crippen molar-refractivity contribution in [2.24, 2.45) is 5.73 Å². The van der Waals surface area contributed by atoms with Crippen LogP contribution in [0.2, 0.25) is 0 Å². The zero-order chi connectivity index (χ0) is 17.9. The lowest BCUT2D eigenvalue weighted by Gasteiger charge is -2.13. The SMILES string of the molecule is COC(C(N)=O)c1cc(Oc2ccc(N)c(S(C)(=O)=O)c2)ccn1. The first-order chi connectivity index (χ1) is 11.2. The number of carbonyl (C=O) groups is 1. The molecular formula is C15H17N3O5S. The van der Waals surface area contributed by atoms with Gasteiger partial charge in [-0.3, -0.25) is 9.78 Å². The van der Waals surface area contributed by atoms with E-state index in [-0.39, 0.29) is 22.0 Å². The Morgan fingerprint density at radius 2 is 1.88 bits per heavy atom. The quantitative estimate of drug-likeness (QED) is 0.742. The normalized spacial score (nSPS) is 12.6. The number of hydrogen-bond acceptors (Lipinski definition) is 7. The van der Waals surface area contributed by atoms with E-state index >= 15 is 0 Å². The van der Waals surface area contributed by atoms with Gasteiger partial charge in [0, 0.05) is 31.7 Å². The van der Waals surface area contributed by atoms with Crippen LogP contribution in [0.4, 0.5) is 5.69 Å². The number of nitrogens with zero attached hydrogens (tertiary/aromatic N) is 1. The van der Waals surface area contributed by atoms with Crippen LogP contribution in [0.1, 0.15) is 11.8 Å². The van der Waals surface area contributed by atoms with Gasteiger partial charge in [-0.1, -0.05) is 0 Å². The number of nitrogen functional groups attached to an aromatic ring is 1. The number of aromatic nitrogens is 1. The van der Waals surface area contributed by atoms with E-state index in [1.165, 1.54) is 37.6 Å². The fraction of sp³-hybridized carbons (Fsp3) is 0.200. The highest BCUT2D eigenvalue weighted by Gasteiger charge is 2.19. The van der Waals surface area contributed by atoms with Crippen molar-refractivity contribution in [3.63, 3.8) is 0 Å². The van der Waals surface area contributed by atoms with Gasteiger partial charge in [0.15, 0.2) is 15.9 Å². The standard InChI is InChI=1S/C15H17N3O5S/c1-22-14(15(17)19)12-7-10(5-6-18-12)23-9-3-4-11(16)13(8-9)24(2,20)21/h3-8,14H,16H2,1-2H3,(H2,17,19). The molecule has 2 rings (SSSR count). The number of ether oxygens (including phenoxy) is 2. The van der Waals surface area contributed by atoms with Crippen molar-refractivity contribution in [2.75, 3.05) is 19.1 Å². The third-order valence-corrected chi connectivity index (χ3v) is 4.29. The molecule has 24 heavy (non-hydrogen) atoms. The summed E-state index contributed by atoms with van der Waals surface area (Å²) in [4.78, 5) is 15.3. The van der Waals surface area contributed by atoms with Gasteiger partial charge < -0.3 is 20.9 Å². The van der Waals surface area contributed by atoms with Crippen molar-refractivity contribution in [3.05, 3.63) is 42.2 Å². The largest absolute Gasteiger partial charge is 0.457 e. The van der Waals surface area contributed by atoms with Crippen molar-refractivity contribution in [1.82, 2.24) is 4.98 Å². The molecule has 0 aliphatic heterocycles. The molecule has 1 amide bonds. The Balaban J connectivity index is 2.34. The highest BCUT2D eigenvalue weighted by atomic mass is 32.2. The van der Waals surface area contributed by atoms with Gasteiger partial charge in [0.1, 0.15) is 11.5 Å². The number of amides is 1. The first kappa shape index (κ1) is 17.7. The number of carbonyl (C=O) groups excluding carboxylic acids is 1. The Morgan fingerprint density at radius 3 is 2.46 bits per heavy atom. The van der Waals surface area contributed by atoms with E-state index in [9.17, 15) is 13.2 Å². The van der Waals surface area contributed by atoms with E-state index in [0.717, 1.165) is 6.26 Å². The Kier molecular flexibility index (Phi) is 5.05. The number of benzene rings is 1. The number of pyridine rings is 1. The van der Waals surface area contributed by atoms with Crippen LogP contribution in [0.25, 0.3) is 0 Å². The minimum Gasteiger partial charge on any atom is -0.457 e. The van der Waals surface area contributed by atoms with Crippen LogP contribution in [-0.4, -0.2) is 32.7 Å². The van der Waals surface area contributed by atoms with Crippen LogP contribution in [0.3, 0.4) is 0 Å². The first-order valence-corrected chi connectivity index (χ1v) is 8.67. The maximum atomic E-state index is 11.7. The molecule has 0 radical (unpaired) electrons. The number of rotatable bonds is 6. The molecule has 0 aliphatic carbocycles. The van der Waals surface area contributed by atoms with E-state index in [4.69, 9.17) is 20.9 Å². The summed E-state index contributed by atoms with van der Waals surface area (Å²) < 4.78 is 34.0. The van der Waals surface area contributed by atoms with Crippen LogP contribution in [0.15, 0.2) is 41.4 Å². The minimum atomic E-state index is -3.48. The molecule has 128 valence electrons. The number of sulfone groups is 1. The van der Waals surface area contributed by atoms with Crippen molar-refractivity contribution in [1.29, 1.82) is 0 Å². The second-order valence-corrected chi connectivity index (χ2v) is 6.99. The molecule has 0 fully saturated rings. The lowest BCUT2D eigenvalue weighted by Crippen LogP contribution is -2.23. The lowest BCUT2D eigenvalue weighted by atomic mass is 10.2. The average Bonchev–Trinajstić information content (AvgIpc) is 2.49. The zero-order valence-electron chi connectivity index (χ0n) is 13.1. The van der Waals surface area contributed by atoms with Crippen molar-refractivity contribution >= 4 is 21.4 Å². The molecule has 2 aromatic rings. The van der Waals surface area contributed by atoms with Crippen LogP contribution in [0.5, 0.6) is 11.5 Å². The molecular weight excluding hydrogens is 334 g/mol. The second kappa shape index (κ2) is 6.85. The molecule has 1 aromatic carbocycles. The average molecular weight is 351 g/mol. The van der Waals surface area contributed by atoms with Crippen LogP contribution in [-0.2, 0) is 19.4 Å². The fourth-order valence-corrected chi connectivity index (χ4v) is 2.88. The number of nitrogens with two attached hydrogens (primary N) is 2. The van der Waals surface area contributed by atoms with Gasteiger partial charge in [-0.2, -0.15) is 0 Å². The highest BCUT2D eigenvalue weighted by Crippen LogP contribution is 2.29. The zero-order valence-corrected chi connectivity index (χ0v) is 13.9. The molecule has 0 spiro atoms. The second-order valence-electron chi connectivity index (χ2n) is 5.01. The van der Waals surface area contributed by atoms with Crippen molar-refractivity contribution in [3.8, 4) is 11.5 Å². The molecule has 8 nitrogen and oxygen atoms in total. The molecule has 0 bridgehead atoms. The highest BCUT2D eigenvalue weighted by molar-refractivity contribution is 7.90. The summed E-state index contributed by atoms with van der Waals surface area (Å²) in [6, 6.07) is 7.33. The van der Waals surface area contributed by atoms with Gasteiger partial charge in [-0.05, 0) is 18.2 Å². The maximum Gasteiger partial charge on any atom is 0.252 e. The molecule has 1 aromatic heterocycles. The molecule has 0 aliphatic rings. The fourth-order valence-electron chi connectivity index (χ4n) is 2.05. The van der Waals surface area contributed by atoms with E-state index in [0.29, 0.717) is 5.75 Å². The first-order valence-electron chi connectivity index (χ1n) is 6.78. The summed E-state index contributed by atoms with van der Waals surface area (Å²) in [5.41, 5.74) is 11.3. The smallest absolute Gasteiger partial charge is 0.252 e. The summed E-state index contributed by atoms with van der Waals surface area (Å²) in [5.74, 6) is -0.0728. The molecule has 9 heteroatoms. The van der Waals surface area contributed by atoms with Crippen LogP contribution < -0.4 is 16.2 Å². The summed E-state index contributed by atoms with van der Waals surface area (Å²) in [6.45, 7) is 0. The molecule has 1 atom stereocenters. The van der Waals surface area contributed by atoms with Gasteiger partial charge in [0.25, 0.3) is 5.91 Å². The minimum absolute atomic E-state index is 0.0267. The predicted molar refractivity (Wildman–Crippen MR) is 87.2 cm³/mol. The molecule has 0 saturated carbocycles. The van der Waals surface area contributed by atoms with Crippen LogP contribution in [0, 0.1) is 0 Å². The molecule has 1 heterocycles. The molecule has 0 saturated heterocycles. The van der Waals surface area contributed by atoms with Gasteiger partial charge >= 0.3 is 0 Å². The molecule has 4 N–H and O–H groups in total. The Morgan fingerprint density at radius 1 is 1.21 bits per heavy atom. The summed E-state index contributed by atoms with van der Waals surface area (Å²) in [6.07, 6.45) is 1.48. The van der Waals surface area contributed by atoms with Gasteiger partial charge in [0.05, 0.1) is 16.3 Å². The van der Waals surface area contributed by atoms with Gasteiger partial charge in [-0.15, -0.1) is 0 Å². The summed E-state index contributed by atoms with van der Waals surface area (Å²) >= 11 is 0. The third-order valence-electron chi connectivity index (χ3n) is 3.14. The number of methoxy groups -OCH3 is 1. The van der Waals surface area contributed by atoms with Crippen molar-refractivity contribution in [2.45, 2.75) is 11.0 Å². The predicted octanol–water partition coefficient (Wildman–Crippen LogP) is 1.03. The van der Waals surface area contributed by atoms with Crippen molar-refractivity contribution < 1.29 is 22.7 Å². The number of hydrogen-bond donors (Lipinski definition) is 2. The van der Waals surface area contributed by atoms with E-state index < -0.39 is 21.8 Å². The maximum absolute atomic E-state index is 11.7. The van der Waals surface area contributed by atoms with E-state index in [1.807, 2.05) is 0 Å². The van der Waals surface area contributed by atoms with Gasteiger partial charge in [0.2, 0.25) is 0 Å².